The fraction of sp³-hybridized carbons (Fsp3) is 0.308. The molecule has 0 aliphatic carbocycles. The van der Waals surface area contributed by atoms with Gasteiger partial charge in [-0.15, -0.1) is 0 Å². The third-order valence-electron chi connectivity index (χ3n) is 5.64. The van der Waals surface area contributed by atoms with Gasteiger partial charge >= 0.3 is 0 Å². The second-order valence-electron chi connectivity index (χ2n) is 7.99. The minimum Gasteiger partial charge on any atom is -0.395 e. The van der Waals surface area contributed by atoms with Gasteiger partial charge in [0.15, 0.2) is 0 Å². The van der Waals surface area contributed by atoms with Crippen molar-refractivity contribution < 1.29 is 9.90 Å². The minimum absolute atomic E-state index is 0.0235. The Morgan fingerprint density at radius 1 is 1.06 bits per heavy atom. The molecule has 2 N–H and O–H groups in total. The molecule has 2 aromatic carbocycles. The lowest BCUT2D eigenvalue weighted by molar-refractivity contribution is -0.120. The molecule has 6 nitrogen and oxygen atoms in total. The van der Waals surface area contributed by atoms with Crippen LogP contribution in [0.4, 0.5) is 0 Å². The summed E-state index contributed by atoms with van der Waals surface area (Å²) in [6, 6.07) is 19.4. The van der Waals surface area contributed by atoms with Gasteiger partial charge in [-0.05, 0) is 60.2 Å². The molecule has 0 fully saturated rings. The Labute approximate surface area is 188 Å². The smallest absolute Gasteiger partial charge is 0.224 e. The number of nitroso groups, excluding NO2 is 1. The molecule has 0 radical (unpaired) electrons. The van der Waals surface area contributed by atoms with Crippen molar-refractivity contribution in [2.75, 3.05) is 13.2 Å². The molecule has 0 aliphatic rings. The van der Waals surface area contributed by atoms with Crippen molar-refractivity contribution in [2.24, 2.45) is 5.18 Å². The van der Waals surface area contributed by atoms with Crippen LogP contribution in [0.15, 0.2) is 72.0 Å². The summed E-state index contributed by atoms with van der Waals surface area (Å²) in [5, 5.41) is 15.0. The van der Waals surface area contributed by atoms with E-state index in [2.05, 4.69) is 34.5 Å². The van der Waals surface area contributed by atoms with Gasteiger partial charge in [0.2, 0.25) is 5.91 Å². The molecule has 0 aliphatic heterocycles. The number of amides is 1. The SMILES string of the molecule is Cc1cc(C(C[C@H](c2ccc(CC(=O)NCCO)cc2)c2ccccc2C)N=O)ccn1. The number of benzene rings is 2. The molecule has 1 heterocycles. The number of pyridine rings is 1. The average Bonchev–Trinajstić information content (AvgIpc) is 2.80. The summed E-state index contributed by atoms with van der Waals surface area (Å²) >= 11 is 0. The van der Waals surface area contributed by atoms with Crippen molar-refractivity contribution in [3.05, 3.63) is 105 Å². The Balaban J connectivity index is 1.89. The molecule has 1 aromatic heterocycles. The number of carbonyl (C=O) groups excluding carboxylic acids is 1. The number of nitrogens with one attached hydrogen (secondary N) is 1. The predicted molar refractivity (Wildman–Crippen MR) is 125 cm³/mol. The highest BCUT2D eigenvalue weighted by atomic mass is 16.3. The van der Waals surface area contributed by atoms with Crippen molar-refractivity contribution >= 4 is 5.91 Å². The standard InChI is InChI=1S/C26H29N3O3/c1-18-5-3-4-6-23(18)24(17-25(29-32)22-11-12-27-19(2)15-22)21-9-7-20(8-10-21)16-26(31)28-13-14-30/h3-12,15,24-25,30H,13-14,16-17H2,1-2H3,(H,28,31)/t24-,25?/m1/s1. The van der Waals surface area contributed by atoms with Crippen LogP contribution >= 0.6 is 0 Å². The third kappa shape index (κ3) is 6.08. The van der Waals surface area contributed by atoms with E-state index in [9.17, 15) is 9.70 Å². The number of aryl methyl sites for hydroxylation is 2. The summed E-state index contributed by atoms with van der Waals surface area (Å²) < 4.78 is 0. The Morgan fingerprint density at radius 2 is 1.81 bits per heavy atom. The summed E-state index contributed by atoms with van der Waals surface area (Å²) in [4.78, 5) is 28.0. The summed E-state index contributed by atoms with van der Waals surface area (Å²) in [6.45, 7) is 4.15. The molecular formula is C26H29N3O3. The van der Waals surface area contributed by atoms with E-state index in [1.807, 2.05) is 55.5 Å². The van der Waals surface area contributed by atoms with Gasteiger partial charge in [0.25, 0.3) is 0 Å². The van der Waals surface area contributed by atoms with E-state index in [-0.39, 0.29) is 31.4 Å². The van der Waals surface area contributed by atoms with Gasteiger partial charge in [-0.1, -0.05) is 53.7 Å². The van der Waals surface area contributed by atoms with Crippen molar-refractivity contribution in [1.29, 1.82) is 0 Å². The zero-order chi connectivity index (χ0) is 22.9. The number of hydrogen-bond donors (Lipinski definition) is 2. The molecule has 1 amide bonds. The first kappa shape index (κ1) is 23.3. The van der Waals surface area contributed by atoms with E-state index < -0.39 is 6.04 Å². The number of aliphatic hydroxyl groups excluding tert-OH is 1. The summed E-state index contributed by atoms with van der Waals surface area (Å²) in [7, 11) is 0. The lowest BCUT2D eigenvalue weighted by Crippen LogP contribution is -2.27. The molecule has 3 aromatic rings. The zero-order valence-corrected chi connectivity index (χ0v) is 18.5. The second kappa shape index (κ2) is 11.3. The predicted octanol–water partition coefficient (Wildman–Crippen LogP) is 4.38. The minimum atomic E-state index is -0.495. The molecular weight excluding hydrogens is 402 g/mol. The van der Waals surface area contributed by atoms with Crippen LogP contribution < -0.4 is 5.32 Å². The van der Waals surface area contributed by atoms with Crippen LogP contribution in [0.1, 0.15) is 51.9 Å². The quantitative estimate of drug-likeness (QED) is 0.466. The van der Waals surface area contributed by atoms with Gasteiger partial charge in [-0.3, -0.25) is 9.78 Å². The maximum atomic E-state index is 12.0. The van der Waals surface area contributed by atoms with Crippen LogP contribution in [0.25, 0.3) is 0 Å². The third-order valence-corrected chi connectivity index (χ3v) is 5.64. The van der Waals surface area contributed by atoms with E-state index in [4.69, 9.17) is 5.11 Å². The lowest BCUT2D eigenvalue weighted by Gasteiger charge is -2.23. The zero-order valence-electron chi connectivity index (χ0n) is 18.5. The van der Waals surface area contributed by atoms with Gasteiger partial charge in [-0.25, -0.2) is 0 Å². The lowest BCUT2D eigenvalue weighted by atomic mass is 9.82. The summed E-state index contributed by atoms with van der Waals surface area (Å²) in [5.41, 5.74) is 5.98. The van der Waals surface area contributed by atoms with Crippen LogP contribution in [0.3, 0.4) is 0 Å². The molecule has 166 valence electrons. The first-order chi connectivity index (χ1) is 15.5. The van der Waals surface area contributed by atoms with E-state index in [1.54, 1.807) is 6.20 Å². The largest absolute Gasteiger partial charge is 0.395 e. The molecule has 0 saturated carbocycles. The van der Waals surface area contributed by atoms with Crippen molar-refractivity contribution in [3.63, 3.8) is 0 Å². The molecule has 6 heteroatoms. The molecule has 0 spiro atoms. The number of aromatic nitrogens is 1. The van der Waals surface area contributed by atoms with Crippen molar-refractivity contribution in [2.45, 2.75) is 38.6 Å². The van der Waals surface area contributed by atoms with E-state index in [1.165, 1.54) is 0 Å². The van der Waals surface area contributed by atoms with Gasteiger partial charge in [0, 0.05) is 24.4 Å². The number of hydrogen-bond acceptors (Lipinski definition) is 5. The Morgan fingerprint density at radius 3 is 2.47 bits per heavy atom. The van der Waals surface area contributed by atoms with Gasteiger partial charge < -0.3 is 10.4 Å². The summed E-state index contributed by atoms with van der Waals surface area (Å²) in [6.07, 6.45) is 2.50. The maximum Gasteiger partial charge on any atom is 0.224 e. The maximum absolute atomic E-state index is 12.0. The van der Waals surface area contributed by atoms with Crippen molar-refractivity contribution in [3.8, 4) is 0 Å². The fourth-order valence-corrected chi connectivity index (χ4v) is 3.97. The average molecular weight is 432 g/mol. The van der Waals surface area contributed by atoms with Crippen LogP contribution in [-0.4, -0.2) is 29.1 Å². The molecule has 0 bridgehead atoms. The monoisotopic (exact) mass is 431 g/mol. The second-order valence-corrected chi connectivity index (χ2v) is 7.99. The van der Waals surface area contributed by atoms with Crippen LogP contribution in [0.2, 0.25) is 0 Å². The Kier molecular flexibility index (Phi) is 8.22. The van der Waals surface area contributed by atoms with E-state index in [0.717, 1.165) is 33.5 Å². The van der Waals surface area contributed by atoms with Gasteiger partial charge in [0.05, 0.1) is 13.0 Å². The van der Waals surface area contributed by atoms with E-state index >= 15 is 0 Å². The number of carbonyl (C=O) groups is 1. The van der Waals surface area contributed by atoms with Crippen LogP contribution in [0, 0.1) is 18.8 Å². The molecule has 3 rings (SSSR count). The summed E-state index contributed by atoms with van der Waals surface area (Å²) in [5.74, 6) is -0.148. The molecule has 0 saturated heterocycles. The van der Waals surface area contributed by atoms with Crippen LogP contribution in [-0.2, 0) is 11.2 Å². The highest BCUT2D eigenvalue weighted by molar-refractivity contribution is 5.78. The molecule has 1 unspecified atom stereocenters. The normalized spacial score (nSPS) is 12.7. The van der Waals surface area contributed by atoms with Gasteiger partial charge in [0.1, 0.15) is 6.04 Å². The highest BCUT2D eigenvalue weighted by Crippen LogP contribution is 2.37. The van der Waals surface area contributed by atoms with Crippen LogP contribution in [0.5, 0.6) is 0 Å². The van der Waals surface area contributed by atoms with E-state index in [0.29, 0.717) is 6.42 Å². The fourth-order valence-electron chi connectivity index (χ4n) is 3.97. The Bertz CT molecular complexity index is 1050. The first-order valence-electron chi connectivity index (χ1n) is 10.8. The first-order valence-corrected chi connectivity index (χ1v) is 10.8. The molecule has 2 atom stereocenters. The topological polar surface area (TPSA) is 91.6 Å². The number of nitrogens with zero attached hydrogens (tertiary/aromatic N) is 2. The highest BCUT2D eigenvalue weighted by Gasteiger charge is 2.23. The van der Waals surface area contributed by atoms with Crippen molar-refractivity contribution in [1.82, 2.24) is 10.3 Å². The van der Waals surface area contributed by atoms with Gasteiger partial charge in [-0.2, -0.15) is 4.91 Å². The number of rotatable bonds is 10. The Hall–Kier alpha value is -3.38. The molecule has 32 heavy (non-hydrogen) atoms. The number of aliphatic hydroxyl groups is 1.